The Bertz CT molecular complexity index is 277. The van der Waals surface area contributed by atoms with Crippen molar-refractivity contribution in [2.45, 2.75) is 0 Å². The third-order valence-corrected chi connectivity index (χ3v) is 2.12. The molecule has 0 aromatic heterocycles. The first-order valence-corrected chi connectivity index (χ1v) is 3.73. The SMILES string of the molecule is COc1ccc(F)c(Br)c1N. The predicted molar refractivity (Wildman–Crippen MR) is 45.1 cm³/mol. The van der Waals surface area contributed by atoms with Crippen LogP contribution in [-0.2, 0) is 0 Å². The Morgan fingerprint density at radius 3 is 2.73 bits per heavy atom. The van der Waals surface area contributed by atoms with Gasteiger partial charge in [0, 0.05) is 0 Å². The molecule has 0 heterocycles. The van der Waals surface area contributed by atoms with Crippen LogP contribution in [0.25, 0.3) is 0 Å². The molecule has 0 saturated heterocycles. The quantitative estimate of drug-likeness (QED) is 0.736. The minimum absolute atomic E-state index is 0.247. The van der Waals surface area contributed by atoms with Gasteiger partial charge in [0.25, 0.3) is 0 Å². The number of ether oxygens (including phenoxy) is 1. The lowest BCUT2D eigenvalue weighted by Gasteiger charge is -2.05. The summed E-state index contributed by atoms with van der Waals surface area (Å²) in [5.41, 5.74) is 5.77. The van der Waals surface area contributed by atoms with Gasteiger partial charge in [-0.2, -0.15) is 0 Å². The van der Waals surface area contributed by atoms with E-state index in [0.717, 1.165) is 0 Å². The Balaban J connectivity index is 3.25. The van der Waals surface area contributed by atoms with Gasteiger partial charge in [0.15, 0.2) is 0 Å². The van der Waals surface area contributed by atoms with Crippen LogP contribution in [0.4, 0.5) is 10.1 Å². The summed E-state index contributed by atoms with van der Waals surface area (Å²) in [5, 5.41) is 0. The van der Waals surface area contributed by atoms with Crippen molar-refractivity contribution in [1.82, 2.24) is 0 Å². The number of nitrogens with two attached hydrogens (primary N) is 1. The summed E-state index contributed by atoms with van der Waals surface area (Å²) in [5.74, 6) is 0.0848. The van der Waals surface area contributed by atoms with Crippen molar-refractivity contribution >= 4 is 21.6 Å². The fourth-order valence-corrected chi connectivity index (χ4v) is 1.05. The van der Waals surface area contributed by atoms with E-state index < -0.39 is 0 Å². The summed E-state index contributed by atoms with van der Waals surface area (Å²) in [6, 6.07) is 2.77. The second-order valence-corrected chi connectivity index (χ2v) is 2.77. The molecule has 2 N–H and O–H groups in total. The van der Waals surface area contributed by atoms with E-state index in [1.54, 1.807) is 0 Å². The van der Waals surface area contributed by atoms with Gasteiger partial charge in [-0.05, 0) is 28.1 Å². The van der Waals surface area contributed by atoms with Gasteiger partial charge in [-0.1, -0.05) is 0 Å². The van der Waals surface area contributed by atoms with E-state index in [9.17, 15) is 4.39 Å². The molecule has 0 saturated carbocycles. The molecule has 2 nitrogen and oxygen atoms in total. The zero-order chi connectivity index (χ0) is 8.43. The molecule has 11 heavy (non-hydrogen) atoms. The summed E-state index contributed by atoms with van der Waals surface area (Å²) in [6.07, 6.45) is 0. The van der Waals surface area contributed by atoms with Gasteiger partial charge < -0.3 is 10.5 Å². The molecule has 0 aliphatic heterocycles. The highest BCUT2D eigenvalue weighted by Gasteiger charge is 2.07. The van der Waals surface area contributed by atoms with Gasteiger partial charge in [-0.3, -0.25) is 0 Å². The third kappa shape index (κ3) is 1.45. The fourth-order valence-electron chi connectivity index (χ4n) is 0.727. The molecular weight excluding hydrogens is 213 g/mol. The number of hydrogen-bond donors (Lipinski definition) is 1. The second kappa shape index (κ2) is 3.09. The number of halogens is 2. The van der Waals surface area contributed by atoms with E-state index in [1.807, 2.05) is 0 Å². The Labute approximate surface area is 72.3 Å². The molecule has 1 aromatic rings. The number of methoxy groups -OCH3 is 1. The lowest BCUT2D eigenvalue weighted by Crippen LogP contribution is -1.94. The molecule has 0 aliphatic carbocycles. The van der Waals surface area contributed by atoms with Crippen molar-refractivity contribution in [3.8, 4) is 5.75 Å². The highest BCUT2D eigenvalue weighted by atomic mass is 79.9. The fraction of sp³-hybridized carbons (Fsp3) is 0.143. The summed E-state index contributed by atoms with van der Waals surface area (Å²) >= 11 is 2.99. The molecule has 0 atom stereocenters. The van der Waals surface area contributed by atoms with Crippen LogP contribution in [0.5, 0.6) is 5.75 Å². The minimum atomic E-state index is -0.386. The molecule has 0 bridgehead atoms. The maximum atomic E-state index is 12.7. The number of benzene rings is 1. The van der Waals surface area contributed by atoms with Gasteiger partial charge in [-0.25, -0.2) is 4.39 Å². The zero-order valence-electron chi connectivity index (χ0n) is 5.90. The molecule has 0 aliphatic rings. The second-order valence-electron chi connectivity index (χ2n) is 1.98. The molecule has 0 spiro atoms. The highest BCUT2D eigenvalue weighted by molar-refractivity contribution is 9.10. The van der Waals surface area contributed by atoms with Crippen molar-refractivity contribution in [3.63, 3.8) is 0 Å². The van der Waals surface area contributed by atoms with Crippen LogP contribution >= 0.6 is 15.9 Å². The monoisotopic (exact) mass is 219 g/mol. The Kier molecular flexibility index (Phi) is 2.34. The zero-order valence-corrected chi connectivity index (χ0v) is 7.48. The summed E-state index contributed by atoms with van der Waals surface area (Å²) in [4.78, 5) is 0. The minimum Gasteiger partial charge on any atom is -0.495 e. The lowest BCUT2D eigenvalue weighted by molar-refractivity contribution is 0.415. The van der Waals surface area contributed by atoms with E-state index in [-0.39, 0.29) is 16.0 Å². The highest BCUT2D eigenvalue weighted by Crippen LogP contribution is 2.31. The number of rotatable bonds is 1. The molecule has 0 unspecified atom stereocenters. The van der Waals surface area contributed by atoms with Gasteiger partial charge >= 0.3 is 0 Å². The van der Waals surface area contributed by atoms with Gasteiger partial charge in [0.1, 0.15) is 11.6 Å². The van der Waals surface area contributed by atoms with Crippen LogP contribution in [-0.4, -0.2) is 7.11 Å². The molecule has 1 rings (SSSR count). The van der Waals surface area contributed by atoms with E-state index in [1.165, 1.54) is 19.2 Å². The predicted octanol–water partition coefficient (Wildman–Crippen LogP) is 2.18. The van der Waals surface area contributed by atoms with Crippen LogP contribution < -0.4 is 10.5 Å². The van der Waals surface area contributed by atoms with E-state index in [0.29, 0.717) is 5.75 Å². The topological polar surface area (TPSA) is 35.2 Å². The Morgan fingerprint density at radius 1 is 1.55 bits per heavy atom. The van der Waals surface area contributed by atoms with Crippen molar-refractivity contribution in [2.24, 2.45) is 0 Å². The average molecular weight is 220 g/mol. The van der Waals surface area contributed by atoms with Gasteiger partial charge in [-0.15, -0.1) is 0 Å². The van der Waals surface area contributed by atoms with Gasteiger partial charge in [0.05, 0.1) is 17.3 Å². The van der Waals surface area contributed by atoms with Crippen molar-refractivity contribution < 1.29 is 9.13 Å². The van der Waals surface area contributed by atoms with Crippen molar-refractivity contribution in [3.05, 3.63) is 22.4 Å². The average Bonchev–Trinajstić information content (AvgIpc) is 2.01. The number of hydrogen-bond acceptors (Lipinski definition) is 2. The van der Waals surface area contributed by atoms with Crippen molar-refractivity contribution in [2.75, 3.05) is 12.8 Å². The first kappa shape index (κ1) is 8.33. The lowest BCUT2D eigenvalue weighted by atomic mass is 10.3. The van der Waals surface area contributed by atoms with Crippen LogP contribution in [0.15, 0.2) is 16.6 Å². The number of anilines is 1. The molecule has 0 fully saturated rings. The maximum absolute atomic E-state index is 12.7. The molecule has 1 aromatic carbocycles. The molecule has 60 valence electrons. The first-order valence-electron chi connectivity index (χ1n) is 2.94. The van der Waals surface area contributed by atoms with Crippen LogP contribution in [0.3, 0.4) is 0 Å². The first-order chi connectivity index (χ1) is 5.16. The summed E-state index contributed by atoms with van der Waals surface area (Å²) in [7, 11) is 1.48. The number of nitrogen functional groups attached to an aromatic ring is 1. The third-order valence-electron chi connectivity index (χ3n) is 1.31. The normalized spacial score (nSPS) is 9.73. The molecule has 0 amide bonds. The summed E-state index contributed by atoms with van der Waals surface area (Å²) < 4.78 is 17.8. The van der Waals surface area contributed by atoms with Crippen LogP contribution in [0.1, 0.15) is 0 Å². The van der Waals surface area contributed by atoms with Gasteiger partial charge in [0.2, 0.25) is 0 Å². The standard InChI is InChI=1S/C7H7BrFNO/c1-11-5-3-2-4(9)6(8)7(5)10/h2-3H,10H2,1H3. The van der Waals surface area contributed by atoms with E-state index in [4.69, 9.17) is 10.5 Å². The largest absolute Gasteiger partial charge is 0.495 e. The van der Waals surface area contributed by atoms with E-state index >= 15 is 0 Å². The Hall–Kier alpha value is -0.770. The smallest absolute Gasteiger partial charge is 0.143 e. The molecular formula is C7H7BrFNO. The summed E-state index contributed by atoms with van der Waals surface area (Å²) in [6.45, 7) is 0. The Morgan fingerprint density at radius 2 is 2.18 bits per heavy atom. The maximum Gasteiger partial charge on any atom is 0.143 e. The van der Waals surface area contributed by atoms with Crippen LogP contribution in [0.2, 0.25) is 0 Å². The van der Waals surface area contributed by atoms with Crippen LogP contribution in [0, 0.1) is 5.82 Å². The molecule has 0 radical (unpaired) electrons. The molecule has 4 heteroatoms. The van der Waals surface area contributed by atoms with E-state index in [2.05, 4.69) is 15.9 Å². The van der Waals surface area contributed by atoms with Crippen molar-refractivity contribution in [1.29, 1.82) is 0 Å².